The molecule has 0 spiro atoms. The quantitative estimate of drug-likeness (QED) is 0.744. The topological polar surface area (TPSA) is 70.7 Å². The molecule has 1 aliphatic heterocycles. The SMILES string of the molecule is CCC(=O)N1CCC(Nc2ccccc2)(C(=O)NCCOC)CC1. The lowest BCUT2D eigenvalue weighted by Crippen LogP contribution is -2.59. The molecule has 6 heteroatoms. The van der Waals surface area contributed by atoms with Gasteiger partial charge in [-0.25, -0.2) is 0 Å². The molecular formula is C18H27N3O3. The molecule has 0 aromatic heterocycles. The molecule has 1 aromatic carbocycles. The lowest BCUT2D eigenvalue weighted by molar-refractivity contribution is -0.135. The van der Waals surface area contributed by atoms with Crippen LogP contribution in [0.2, 0.25) is 0 Å². The molecule has 0 unspecified atom stereocenters. The van der Waals surface area contributed by atoms with Gasteiger partial charge in [0.15, 0.2) is 0 Å². The van der Waals surface area contributed by atoms with Gasteiger partial charge < -0.3 is 20.3 Å². The summed E-state index contributed by atoms with van der Waals surface area (Å²) in [4.78, 5) is 26.6. The Hall–Kier alpha value is -2.08. The standard InChI is InChI=1S/C18H27N3O3/c1-3-16(22)21-12-9-18(10-13-21,17(23)19-11-14-24-2)20-15-7-5-4-6-8-15/h4-8,20H,3,9-14H2,1-2H3,(H,19,23). The minimum Gasteiger partial charge on any atom is -0.383 e. The first kappa shape index (κ1) is 18.3. The molecule has 24 heavy (non-hydrogen) atoms. The third kappa shape index (κ3) is 4.47. The molecule has 1 saturated heterocycles. The Kier molecular flexibility index (Phi) is 6.61. The second-order valence-corrected chi connectivity index (χ2v) is 6.06. The van der Waals surface area contributed by atoms with Crippen molar-refractivity contribution < 1.29 is 14.3 Å². The number of carbonyl (C=O) groups excluding carboxylic acids is 2. The molecule has 0 atom stereocenters. The second kappa shape index (κ2) is 8.68. The summed E-state index contributed by atoms with van der Waals surface area (Å²) in [6.45, 7) is 4.00. The maximum Gasteiger partial charge on any atom is 0.245 e. The zero-order valence-electron chi connectivity index (χ0n) is 14.5. The molecule has 0 bridgehead atoms. The van der Waals surface area contributed by atoms with Crippen LogP contribution >= 0.6 is 0 Å². The Morgan fingerprint density at radius 3 is 2.46 bits per heavy atom. The van der Waals surface area contributed by atoms with Crippen molar-refractivity contribution in [3.63, 3.8) is 0 Å². The highest BCUT2D eigenvalue weighted by molar-refractivity contribution is 5.90. The zero-order chi connectivity index (χ0) is 17.4. The number of nitrogens with one attached hydrogen (secondary N) is 2. The maximum atomic E-state index is 12.8. The minimum absolute atomic E-state index is 0.0352. The number of benzene rings is 1. The lowest BCUT2D eigenvalue weighted by atomic mass is 9.85. The van der Waals surface area contributed by atoms with Crippen LogP contribution in [0, 0.1) is 0 Å². The summed E-state index contributed by atoms with van der Waals surface area (Å²) in [5.41, 5.74) is 0.217. The summed E-state index contributed by atoms with van der Waals surface area (Å²) in [6.07, 6.45) is 1.68. The number of methoxy groups -OCH3 is 1. The Bertz CT molecular complexity index is 540. The van der Waals surface area contributed by atoms with E-state index in [9.17, 15) is 9.59 Å². The van der Waals surface area contributed by atoms with Crippen molar-refractivity contribution in [3.05, 3.63) is 30.3 Å². The number of piperidine rings is 1. The van der Waals surface area contributed by atoms with Crippen LogP contribution in [0.1, 0.15) is 26.2 Å². The summed E-state index contributed by atoms with van der Waals surface area (Å²) >= 11 is 0. The van der Waals surface area contributed by atoms with Crippen LogP contribution in [0.5, 0.6) is 0 Å². The molecule has 0 saturated carbocycles. The number of hydrogen-bond acceptors (Lipinski definition) is 4. The van der Waals surface area contributed by atoms with E-state index in [1.54, 1.807) is 7.11 Å². The van der Waals surface area contributed by atoms with Crippen LogP contribution in [0.15, 0.2) is 30.3 Å². The fraction of sp³-hybridized carbons (Fsp3) is 0.556. The number of ether oxygens (including phenoxy) is 1. The molecular weight excluding hydrogens is 306 g/mol. The Balaban J connectivity index is 2.10. The smallest absolute Gasteiger partial charge is 0.245 e. The van der Waals surface area contributed by atoms with Crippen molar-refractivity contribution in [1.29, 1.82) is 0 Å². The van der Waals surface area contributed by atoms with Crippen molar-refractivity contribution in [3.8, 4) is 0 Å². The average molecular weight is 333 g/mol. The lowest BCUT2D eigenvalue weighted by Gasteiger charge is -2.41. The fourth-order valence-corrected chi connectivity index (χ4v) is 3.00. The summed E-state index contributed by atoms with van der Waals surface area (Å²) in [6, 6.07) is 9.73. The second-order valence-electron chi connectivity index (χ2n) is 6.06. The highest BCUT2D eigenvalue weighted by atomic mass is 16.5. The summed E-state index contributed by atoms with van der Waals surface area (Å²) in [5.74, 6) is 0.107. The minimum atomic E-state index is -0.695. The molecule has 1 fully saturated rings. The van der Waals surface area contributed by atoms with Crippen molar-refractivity contribution in [2.45, 2.75) is 31.7 Å². The van der Waals surface area contributed by atoms with Gasteiger partial charge in [-0.3, -0.25) is 9.59 Å². The zero-order valence-corrected chi connectivity index (χ0v) is 14.5. The van der Waals surface area contributed by atoms with E-state index in [2.05, 4.69) is 10.6 Å². The van der Waals surface area contributed by atoms with Gasteiger partial charge in [-0.05, 0) is 25.0 Å². The van der Waals surface area contributed by atoms with Crippen molar-refractivity contribution in [2.24, 2.45) is 0 Å². The van der Waals surface area contributed by atoms with Crippen molar-refractivity contribution >= 4 is 17.5 Å². The molecule has 2 N–H and O–H groups in total. The number of likely N-dealkylation sites (tertiary alicyclic amines) is 1. The van der Waals surface area contributed by atoms with Crippen LogP contribution in [-0.4, -0.2) is 55.6 Å². The molecule has 0 aliphatic carbocycles. The van der Waals surface area contributed by atoms with E-state index in [0.717, 1.165) is 5.69 Å². The largest absolute Gasteiger partial charge is 0.383 e. The molecule has 2 amide bonds. The molecule has 1 heterocycles. The van der Waals surface area contributed by atoms with Gasteiger partial charge in [0.05, 0.1) is 6.61 Å². The third-order valence-electron chi connectivity index (χ3n) is 4.46. The predicted molar refractivity (Wildman–Crippen MR) is 93.8 cm³/mol. The first-order valence-electron chi connectivity index (χ1n) is 8.49. The van der Waals surface area contributed by atoms with E-state index in [1.807, 2.05) is 42.2 Å². The van der Waals surface area contributed by atoms with Gasteiger partial charge in [-0.1, -0.05) is 25.1 Å². The summed E-state index contributed by atoms with van der Waals surface area (Å²) in [5, 5.41) is 6.35. The number of amides is 2. The van der Waals surface area contributed by atoms with E-state index in [4.69, 9.17) is 4.74 Å². The van der Waals surface area contributed by atoms with E-state index < -0.39 is 5.54 Å². The molecule has 0 radical (unpaired) electrons. The fourth-order valence-electron chi connectivity index (χ4n) is 3.00. The van der Waals surface area contributed by atoms with Gasteiger partial charge in [0.1, 0.15) is 5.54 Å². The first-order valence-corrected chi connectivity index (χ1v) is 8.49. The van der Waals surface area contributed by atoms with Gasteiger partial charge in [0, 0.05) is 38.9 Å². The Labute approximate surface area is 143 Å². The van der Waals surface area contributed by atoms with Crippen LogP contribution in [-0.2, 0) is 14.3 Å². The van der Waals surface area contributed by atoms with Crippen molar-refractivity contribution in [1.82, 2.24) is 10.2 Å². The van der Waals surface area contributed by atoms with E-state index >= 15 is 0 Å². The molecule has 2 rings (SSSR count). The van der Waals surface area contributed by atoms with Crippen LogP contribution < -0.4 is 10.6 Å². The Morgan fingerprint density at radius 2 is 1.88 bits per heavy atom. The van der Waals surface area contributed by atoms with E-state index in [-0.39, 0.29) is 11.8 Å². The summed E-state index contributed by atoms with van der Waals surface area (Å²) < 4.78 is 5.01. The van der Waals surface area contributed by atoms with Gasteiger partial charge in [-0.15, -0.1) is 0 Å². The number of rotatable bonds is 7. The molecule has 132 valence electrons. The van der Waals surface area contributed by atoms with Crippen LogP contribution in [0.4, 0.5) is 5.69 Å². The van der Waals surface area contributed by atoms with E-state index in [1.165, 1.54) is 0 Å². The number of anilines is 1. The highest BCUT2D eigenvalue weighted by Crippen LogP contribution is 2.28. The number of nitrogens with zero attached hydrogens (tertiary/aromatic N) is 1. The normalized spacial score (nSPS) is 16.5. The number of carbonyl (C=O) groups is 2. The number of para-hydroxylation sites is 1. The first-order chi connectivity index (χ1) is 11.6. The molecule has 1 aliphatic rings. The van der Waals surface area contributed by atoms with Gasteiger partial charge >= 0.3 is 0 Å². The molecule has 6 nitrogen and oxygen atoms in total. The van der Waals surface area contributed by atoms with E-state index in [0.29, 0.717) is 45.5 Å². The number of hydrogen-bond donors (Lipinski definition) is 2. The van der Waals surface area contributed by atoms with Crippen molar-refractivity contribution in [2.75, 3.05) is 38.7 Å². The average Bonchev–Trinajstić information content (AvgIpc) is 2.62. The summed E-state index contributed by atoms with van der Waals surface area (Å²) in [7, 11) is 1.61. The van der Waals surface area contributed by atoms with Crippen LogP contribution in [0.25, 0.3) is 0 Å². The monoisotopic (exact) mass is 333 g/mol. The van der Waals surface area contributed by atoms with Gasteiger partial charge in [0.2, 0.25) is 11.8 Å². The highest BCUT2D eigenvalue weighted by Gasteiger charge is 2.41. The van der Waals surface area contributed by atoms with Gasteiger partial charge in [-0.2, -0.15) is 0 Å². The third-order valence-corrected chi connectivity index (χ3v) is 4.46. The van der Waals surface area contributed by atoms with Gasteiger partial charge in [0.25, 0.3) is 0 Å². The molecule has 1 aromatic rings. The predicted octanol–water partition coefficient (Wildman–Crippen LogP) is 1.63. The Morgan fingerprint density at radius 1 is 1.21 bits per heavy atom. The maximum absolute atomic E-state index is 12.8. The van der Waals surface area contributed by atoms with Crippen LogP contribution in [0.3, 0.4) is 0 Å².